The van der Waals surface area contributed by atoms with E-state index < -0.39 is 34.2 Å². The fraction of sp³-hybridized carbons (Fsp3) is 0.308. The summed E-state index contributed by atoms with van der Waals surface area (Å²) in [5.41, 5.74) is 1.80. The molecule has 2 N–H and O–H groups in total. The van der Waals surface area contributed by atoms with Crippen LogP contribution in [-0.4, -0.2) is 42.8 Å². The monoisotopic (exact) mass is 499 g/mol. The molecule has 1 atom stereocenters. The number of aliphatic hydroxyl groups is 1. The predicted octanol–water partition coefficient (Wildman–Crippen LogP) is 3.89. The molecule has 0 saturated heterocycles. The summed E-state index contributed by atoms with van der Waals surface area (Å²) in [5.74, 6) is -1.12. The molecule has 2 aromatic carbocycles. The van der Waals surface area contributed by atoms with E-state index in [2.05, 4.69) is 10.3 Å². The van der Waals surface area contributed by atoms with Crippen molar-refractivity contribution in [1.29, 1.82) is 0 Å². The molecular formula is C26H30FN3O4S. The number of pyridine rings is 1. The van der Waals surface area contributed by atoms with Crippen LogP contribution in [0.5, 0.6) is 0 Å². The van der Waals surface area contributed by atoms with E-state index in [-0.39, 0.29) is 22.3 Å². The molecule has 1 amide bonds. The molecule has 7 nitrogen and oxygen atoms in total. The molecule has 0 saturated carbocycles. The number of halogens is 1. The Labute approximate surface area is 205 Å². The average Bonchev–Trinajstić information content (AvgIpc) is 2.86. The van der Waals surface area contributed by atoms with Crippen molar-refractivity contribution in [3.63, 3.8) is 0 Å². The van der Waals surface area contributed by atoms with Crippen molar-refractivity contribution in [1.82, 2.24) is 10.3 Å². The van der Waals surface area contributed by atoms with Gasteiger partial charge in [-0.25, -0.2) is 12.8 Å². The van der Waals surface area contributed by atoms with Crippen molar-refractivity contribution in [2.75, 3.05) is 17.3 Å². The number of aromatic nitrogens is 1. The van der Waals surface area contributed by atoms with Gasteiger partial charge in [0.15, 0.2) is 9.84 Å². The van der Waals surface area contributed by atoms with Crippen molar-refractivity contribution >= 4 is 21.4 Å². The number of hydrogen-bond donors (Lipinski definition) is 2. The Hall–Kier alpha value is -3.30. The summed E-state index contributed by atoms with van der Waals surface area (Å²) in [6.07, 6.45) is 1.69. The first kappa shape index (κ1) is 26.3. The Morgan fingerprint density at radius 3 is 2.37 bits per heavy atom. The zero-order chi connectivity index (χ0) is 25.6. The Kier molecular flexibility index (Phi) is 8.58. The maximum Gasteiger partial charge on any atom is 0.251 e. The number of benzene rings is 2. The van der Waals surface area contributed by atoms with E-state index in [0.717, 1.165) is 5.69 Å². The van der Waals surface area contributed by atoms with E-state index in [9.17, 15) is 18.3 Å². The highest BCUT2D eigenvalue weighted by atomic mass is 32.2. The third kappa shape index (κ3) is 6.43. The van der Waals surface area contributed by atoms with Crippen LogP contribution in [0, 0.1) is 5.82 Å². The first-order chi connectivity index (χ1) is 16.7. The number of hydrogen-bond acceptors (Lipinski definition) is 6. The quantitative estimate of drug-likeness (QED) is 0.439. The van der Waals surface area contributed by atoms with Crippen LogP contribution >= 0.6 is 0 Å². The second kappa shape index (κ2) is 11.4. The second-order valence-electron chi connectivity index (χ2n) is 8.39. The van der Waals surface area contributed by atoms with Crippen LogP contribution in [0.25, 0.3) is 0 Å². The van der Waals surface area contributed by atoms with Crippen LogP contribution < -0.4 is 10.2 Å². The summed E-state index contributed by atoms with van der Waals surface area (Å²) in [5, 5.41) is 12.5. The fourth-order valence-electron chi connectivity index (χ4n) is 3.64. The van der Waals surface area contributed by atoms with Gasteiger partial charge in [-0.2, -0.15) is 0 Å². The number of carbonyl (C=O) groups is 1. The van der Waals surface area contributed by atoms with Crippen LogP contribution in [0.15, 0.2) is 71.8 Å². The molecule has 0 aliphatic heterocycles. The van der Waals surface area contributed by atoms with Crippen LogP contribution in [0.3, 0.4) is 0 Å². The molecular weight excluding hydrogens is 469 g/mol. The van der Waals surface area contributed by atoms with Gasteiger partial charge >= 0.3 is 0 Å². The minimum Gasteiger partial charge on any atom is -0.394 e. The highest BCUT2D eigenvalue weighted by Gasteiger charge is 2.20. The van der Waals surface area contributed by atoms with Crippen molar-refractivity contribution in [3.05, 3.63) is 89.5 Å². The zero-order valence-electron chi connectivity index (χ0n) is 20.0. The summed E-state index contributed by atoms with van der Waals surface area (Å²) < 4.78 is 39.1. The largest absolute Gasteiger partial charge is 0.394 e. The molecule has 3 rings (SSSR count). The summed E-state index contributed by atoms with van der Waals surface area (Å²) in [6, 6.07) is 15.0. The number of amides is 1. The summed E-state index contributed by atoms with van der Waals surface area (Å²) in [4.78, 5) is 19.2. The van der Waals surface area contributed by atoms with Gasteiger partial charge in [0.05, 0.1) is 41.2 Å². The van der Waals surface area contributed by atoms with Crippen molar-refractivity contribution in [2.45, 2.75) is 44.3 Å². The number of carbonyl (C=O) groups excluding carboxylic acids is 1. The summed E-state index contributed by atoms with van der Waals surface area (Å²) in [6.45, 7) is 5.47. The number of anilines is 1. The maximum absolute atomic E-state index is 15.1. The van der Waals surface area contributed by atoms with Gasteiger partial charge < -0.3 is 15.3 Å². The molecule has 1 aromatic heterocycles. The lowest BCUT2D eigenvalue weighted by Gasteiger charge is -2.29. The third-order valence-electron chi connectivity index (χ3n) is 5.71. The maximum atomic E-state index is 15.1. The van der Waals surface area contributed by atoms with Crippen molar-refractivity contribution in [2.24, 2.45) is 0 Å². The Morgan fingerprint density at radius 1 is 1.11 bits per heavy atom. The predicted molar refractivity (Wildman–Crippen MR) is 133 cm³/mol. The number of nitrogens with zero attached hydrogens (tertiary/aromatic N) is 2. The molecule has 0 aliphatic carbocycles. The molecule has 0 bridgehead atoms. The lowest BCUT2D eigenvalue weighted by atomic mass is 10.1. The van der Waals surface area contributed by atoms with Gasteiger partial charge in [-0.1, -0.05) is 25.1 Å². The second-order valence-corrected chi connectivity index (χ2v) is 10.7. The summed E-state index contributed by atoms with van der Waals surface area (Å²) in [7, 11) is -3.36. The van der Waals surface area contributed by atoms with Gasteiger partial charge in [-0.15, -0.1) is 0 Å². The molecule has 1 unspecified atom stereocenters. The van der Waals surface area contributed by atoms with Gasteiger partial charge in [-0.3, -0.25) is 9.78 Å². The summed E-state index contributed by atoms with van der Waals surface area (Å²) >= 11 is 0. The number of rotatable bonds is 10. The molecule has 9 heteroatoms. The van der Waals surface area contributed by atoms with E-state index in [1.807, 2.05) is 36.9 Å². The normalized spacial score (nSPS) is 12.4. The van der Waals surface area contributed by atoms with E-state index in [1.54, 1.807) is 31.3 Å². The zero-order valence-corrected chi connectivity index (χ0v) is 20.8. The Morgan fingerprint density at radius 2 is 1.83 bits per heavy atom. The molecule has 3 aromatic rings. The Bertz CT molecular complexity index is 1250. The molecule has 35 heavy (non-hydrogen) atoms. The number of sulfone groups is 1. The standard InChI is InChI=1S/C26H30FN3O4S/c1-4-35(33,34)22-11-8-19(9-12-22)24(17-31)29-26(32)20-10-13-25(23(27)15-20)30(18(2)3)16-21-7-5-6-14-28-21/h5-15,18,24,31H,4,16-17H2,1-3H3,(H,29,32). The van der Waals surface area contributed by atoms with Gasteiger partial charge in [0.25, 0.3) is 5.91 Å². The number of aliphatic hydroxyl groups excluding tert-OH is 1. The van der Waals surface area contributed by atoms with Gasteiger partial charge in [-0.05, 0) is 61.9 Å². The minimum atomic E-state index is -3.36. The molecule has 0 fully saturated rings. The molecule has 1 heterocycles. The van der Waals surface area contributed by atoms with Crippen molar-refractivity contribution in [3.8, 4) is 0 Å². The van der Waals surface area contributed by atoms with Crippen LogP contribution in [0.2, 0.25) is 0 Å². The van der Waals surface area contributed by atoms with Crippen LogP contribution in [0.4, 0.5) is 10.1 Å². The molecule has 0 radical (unpaired) electrons. The number of nitrogens with one attached hydrogen (secondary N) is 1. The molecule has 0 aliphatic rings. The van der Waals surface area contributed by atoms with E-state index in [1.165, 1.54) is 24.3 Å². The SMILES string of the molecule is CCS(=O)(=O)c1ccc(C(CO)NC(=O)c2ccc(N(Cc3ccccn3)C(C)C)c(F)c2)cc1. The van der Waals surface area contributed by atoms with Crippen LogP contribution in [0.1, 0.15) is 48.4 Å². The lowest BCUT2D eigenvalue weighted by Crippen LogP contribution is -2.32. The third-order valence-corrected chi connectivity index (χ3v) is 7.46. The first-order valence-electron chi connectivity index (χ1n) is 11.4. The van der Waals surface area contributed by atoms with E-state index >= 15 is 4.39 Å². The van der Waals surface area contributed by atoms with Gasteiger partial charge in [0.2, 0.25) is 0 Å². The highest BCUT2D eigenvalue weighted by molar-refractivity contribution is 7.91. The minimum absolute atomic E-state index is 0.00977. The van der Waals surface area contributed by atoms with Crippen molar-refractivity contribution < 1.29 is 22.7 Å². The lowest BCUT2D eigenvalue weighted by molar-refractivity contribution is 0.0915. The smallest absolute Gasteiger partial charge is 0.251 e. The molecule has 0 spiro atoms. The van der Waals surface area contributed by atoms with E-state index in [0.29, 0.717) is 17.8 Å². The average molecular weight is 500 g/mol. The fourth-order valence-corrected chi connectivity index (χ4v) is 4.53. The van der Waals surface area contributed by atoms with E-state index in [4.69, 9.17) is 0 Å². The van der Waals surface area contributed by atoms with Gasteiger partial charge in [0.1, 0.15) is 5.82 Å². The van der Waals surface area contributed by atoms with Crippen LogP contribution in [-0.2, 0) is 16.4 Å². The topological polar surface area (TPSA) is 99.6 Å². The molecule has 186 valence electrons. The highest BCUT2D eigenvalue weighted by Crippen LogP contribution is 2.25. The van der Waals surface area contributed by atoms with Gasteiger partial charge in [0, 0.05) is 17.8 Å². The first-order valence-corrected chi connectivity index (χ1v) is 13.0. The Balaban J connectivity index is 1.77.